The number of carbonyl (C=O) groups excluding carboxylic acids is 1. The fraction of sp³-hybridized carbons (Fsp3) is 0.562. The number of amides is 1. The third kappa shape index (κ3) is 4.06. The van der Waals surface area contributed by atoms with E-state index in [1.807, 2.05) is 23.1 Å². The molecule has 2 rings (SSSR count). The summed E-state index contributed by atoms with van der Waals surface area (Å²) in [6.45, 7) is 2.25. The van der Waals surface area contributed by atoms with Gasteiger partial charge in [0.15, 0.2) is 0 Å². The molecule has 1 aliphatic heterocycles. The number of nitrogens with zero attached hydrogens (tertiary/aromatic N) is 1. The van der Waals surface area contributed by atoms with E-state index in [0.717, 1.165) is 25.9 Å². The highest BCUT2D eigenvalue weighted by molar-refractivity contribution is 5.76. The quantitative estimate of drug-likeness (QED) is 0.904. The molecule has 0 radical (unpaired) electrons. The summed E-state index contributed by atoms with van der Waals surface area (Å²) in [5.41, 5.74) is 7.14. The van der Waals surface area contributed by atoms with Gasteiger partial charge in [-0.3, -0.25) is 4.79 Å². The zero-order chi connectivity index (χ0) is 13.5. The summed E-state index contributed by atoms with van der Waals surface area (Å²) in [5.74, 6) is 0.554. The van der Waals surface area contributed by atoms with Gasteiger partial charge in [0.05, 0.1) is 0 Å². The van der Waals surface area contributed by atoms with Gasteiger partial charge in [-0.2, -0.15) is 0 Å². The molecule has 3 heteroatoms. The highest BCUT2D eigenvalue weighted by Crippen LogP contribution is 2.19. The van der Waals surface area contributed by atoms with Crippen LogP contribution in [-0.2, 0) is 4.79 Å². The summed E-state index contributed by atoms with van der Waals surface area (Å²) >= 11 is 0. The van der Waals surface area contributed by atoms with Gasteiger partial charge in [-0.15, -0.1) is 0 Å². The lowest BCUT2D eigenvalue weighted by Gasteiger charge is -2.29. The molecule has 19 heavy (non-hydrogen) atoms. The Bertz CT molecular complexity index is 391. The van der Waals surface area contributed by atoms with Crippen LogP contribution >= 0.6 is 0 Å². The van der Waals surface area contributed by atoms with Crippen molar-refractivity contribution in [3.05, 3.63) is 35.9 Å². The van der Waals surface area contributed by atoms with E-state index >= 15 is 0 Å². The van der Waals surface area contributed by atoms with E-state index < -0.39 is 0 Å². The minimum Gasteiger partial charge on any atom is -0.342 e. The molecule has 1 heterocycles. The molecule has 1 unspecified atom stereocenters. The largest absolute Gasteiger partial charge is 0.342 e. The Morgan fingerprint density at radius 3 is 2.58 bits per heavy atom. The molecule has 2 N–H and O–H groups in total. The lowest BCUT2D eigenvalue weighted by Crippen LogP contribution is -2.38. The van der Waals surface area contributed by atoms with E-state index in [9.17, 15) is 4.79 Å². The van der Waals surface area contributed by atoms with Crippen LogP contribution in [0.4, 0.5) is 0 Å². The average Bonchev–Trinajstić information content (AvgIpc) is 2.44. The fourth-order valence-electron chi connectivity index (χ4n) is 2.72. The Balaban J connectivity index is 2.01. The van der Waals surface area contributed by atoms with Crippen molar-refractivity contribution < 1.29 is 4.79 Å². The summed E-state index contributed by atoms with van der Waals surface area (Å²) in [6.07, 6.45) is 5.29. The first-order chi connectivity index (χ1) is 9.31. The minimum absolute atomic E-state index is 0.254. The molecule has 0 saturated carbocycles. The van der Waals surface area contributed by atoms with Crippen molar-refractivity contribution in [1.82, 2.24) is 4.90 Å². The van der Waals surface area contributed by atoms with E-state index in [0.29, 0.717) is 18.9 Å². The molecule has 3 nitrogen and oxygen atoms in total. The molecule has 0 bridgehead atoms. The van der Waals surface area contributed by atoms with Crippen molar-refractivity contribution in [2.75, 3.05) is 19.6 Å². The van der Waals surface area contributed by atoms with Gasteiger partial charge in [-0.25, -0.2) is 0 Å². The molecule has 1 aliphatic rings. The molecule has 1 aromatic rings. The van der Waals surface area contributed by atoms with Gasteiger partial charge in [0.25, 0.3) is 0 Å². The molecule has 104 valence electrons. The molecule has 0 aliphatic carbocycles. The second kappa shape index (κ2) is 7.29. The molecule has 0 spiro atoms. The maximum Gasteiger partial charge on any atom is 0.222 e. The smallest absolute Gasteiger partial charge is 0.222 e. The monoisotopic (exact) mass is 260 g/mol. The van der Waals surface area contributed by atoms with Crippen molar-refractivity contribution >= 4 is 5.91 Å². The van der Waals surface area contributed by atoms with Crippen LogP contribution in [0.15, 0.2) is 30.3 Å². The summed E-state index contributed by atoms with van der Waals surface area (Å²) in [4.78, 5) is 14.2. The van der Waals surface area contributed by atoms with Crippen LogP contribution in [0, 0.1) is 0 Å². The van der Waals surface area contributed by atoms with Gasteiger partial charge >= 0.3 is 0 Å². The third-order valence-electron chi connectivity index (χ3n) is 3.92. The van der Waals surface area contributed by atoms with Gasteiger partial charge < -0.3 is 10.6 Å². The molecule has 1 fully saturated rings. The Hall–Kier alpha value is -1.35. The number of benzene rings is 1. The van der Waals surface area contributed by atoms with E-state index in [1.165, 1.54) is 18.4 Å². The lowest BCUT2D eigenvalue weighted by molar-refractivity contribution is -0.132. The van der Waals surface area contributed by atoms with Crippen LogP contribution in [0.2, 0.25) is 0 Å². The van der Waals surface area contributed by atoms with E-state index in [4.69, 9.17) is 5.73 Å². The maximum atomic E-state index is 12.1. The second-order valence-electron chi connectivity index (χ2n) is 5.35. The predicted octanol–water partition coefficient (Wildman–Crippen LogP) is 2.52. The van der Waals surface area contributed by atoms with Crippen LogP contribution in [0.1, 0.15) is 43.6 Å². The van der Waals surface area contributed by atoms with E-state index in [-0.39, 0.29) is 5.92 Å². The first-order valence-corrected chi connectivity index (χ1v) is 7.34. The number of hydrogen-bond acceptors (Lipinski definition) is 2. The topological polar surface area (TPSA) is 46.3 Å². The summed E-state index contributed by atoms with van der Waals surface area (Å²) in [6, 6.07) is 10.3. The van der Waals surface area contributed by atoms with Crippen molar-refractivity contribution in [1.29, 1.82) is 0 Å². The maximum absolute atomic E-state index is 12.1. The van der Waals surface area contributed by atoms with E-state index in [1.54, 1.807) is 0 Å². The third-order valence-corrected chi connectivity index (χ3v) is 3.92. The Morgan fingerprint density at radius 1 is 1.11 bits per heavy atom. The number of rotatable bonds is 4. The summed E-state index contributed by atoms with van der Waals surface area (Å²) in [7, 11) is 0. The van der Waals surface area contributed by atoms with Gasteiger partial charge in [0.1, 0.15) is 0 Å². The highest BCUT2D eigenvalue weighted by Gasteiger charge is 2.20. The average molecular weight is 260 g/mol. The summed E-state index contributed by atoms with van der Waals surface area (Å²) in [5, 5.41) is 0. The number of likely N-dealkylation sites (tertiary alicyclic amines) is 1. The standard InChI is InChI=1S/C16H24N2O/c17-12-15(14-8-4-3-5-9-14)13-18-11-7-2-1-6-10-16(18)19/h3-5,8-9,15H,1-2,6-7,10-13,17H2. The molecular weight excluding hydrogens is 236 g/mol. The number of hydrogen-bond donors (Lipinski definition) is 1. The van der Waals surface area contributed by atoms with Gasteiger partial charge in [-0.05, 0) is 18.4 Å². The SMILES string of the molecule is NCC(CN1CCCCCCC1=O)c1ccccc1. The van der Waals surface area contributed by atoms with Crippen LogP contribution < -0.4 is 5.73 Å². The lowest BCUT2D eigenvalue weighted by atomic mass is 9.97. The zero-order valence-electron chi connectivity index (χ0n) is 11.6. The van der Waals surface area contributed by atoms with Gasteiger partial charge in [-0.1, -0.05) is 43.2 Å². The van der Waals surface area contributed by atoms with Crippen molar-refractivity contribution in [3.63, 3.8) is 0 Å². The first kappa shape index (κ1) is 14.1. The van der Waals surface area contributed by atoms with Crippen LogP contribution in [0.25, 0.3) is 0 Å². The Morgan fingerprint density at radius 2 is 1.84 bits per heavy atom. The normalized spacial score (nSPS) is 18.8. The first-order valence-electron chi connectivity index (χ1n) is 7.34. The molecule has 1 saturated heterocycles. The second-order valence-corrected chi connectivity index (χ2v) is 5.35. The van der Waals surface area contributed by atoms with Crippen LogP contribution in [0.5, 0.6) is 0 Å². The fourth-order valence-corrected chi connectivity index (χ4v) is 2.72. The number of nitrogens with two attached hydrogens (primary N) is 1. The molecule has 1 amide bonds. The van der Waals surface area contributed by atoms with Gasteiger partial charge in [0, 0.05) is 32.0 Å². The molecule has 0 aromatic heterocycles. The van der Waals surface area contributed by atoms with Crippen molar-refractivity contribution in [2.24, 2.45) is 5.73 Å². The Labute approximate surface area is 115 Å². The van der Waals surface area contributed by atoms with Crippen molar-refractivity contribution in [3.8, 4) is 0 Å². The number of carbonyl (C=O) groups is 1. The van der Waals surface area contributed by atoms with Gasteiger partial charge in [0.2, 0.25) is 5.91 Å². The summed E-state index contributed by atoms with van der Waals surface area (Å²) < 4.78 is 0. The molecule has 1 aromatic carbocycles. The molecular formula is C16H24N2O. The van der Waals surface area contributed by atoms with E-state index in [2.05, 4.69) is 12.1 Å². The Kier molecular flexibility index (Phi) is 5.40. The minimum atomic E-state index is 0.254. The molecule has 1 atom stereocenters. The van der Waals surface area contributed by atoms with Crippen molar-refractivity contribution in [2.45, 2.75) is 38.0 Å². The zero-order valence-corrected chi connectivity index (χ0v) is 11.6. The van der Waals surface area contributed by atoms with Crippen LogP contribution in [0.3, 0.4) is 0 Å². The highest BCUT2D eigenvalue weighted by atomic mass is 16.2. The predicted molar refractivity (Wildman–Crippen MR) is 77.9 cm³/mol. The van der Waals surface area contributed by atoms with Crippen LogP contribution in [-0.4, -0.2) is 30.4 Å².